The number of carbonyl (C=O) groups excluding carboxylic acids is 1. The first-order valence-electron chi connectivity index (χ1n) is 7.36. The minimum atomic E-state index is -0.133. The SMILES string of the molecule is COc1cc(OC)cc(C(=O)C=Cc2ccc3nccnc3c2)c1. The molecule has 0 N–H and O–H groups in total. The highest BCUT2D eigenvalue weighted by Gasteiger charge is 2.07. The van der Waals surface area contributed by atoms with Crippen LogP contribution in [0.3, 0.4) is 0 Å². The van der Waals surface area contributed by atoms with E-state index in [1.807, 2.05) is 18.2 Å². The lowest BCUT2D eigenvalue weighted by Gasteiger charge is -2.06. The molecule has 0 atom stereocenters. The lowest BCUT2D eigenvalue weighted by Crippen LogP contribution is -1.97. The van der Waals surface area contributed by atoms with E-state index in [1.165, 1.54) is 6.08 Å². The predicted molar refractivity (Wildman–Crippen MR) is 92.4 cm³/mol. The molecule has 0 aliphatic carbocycles. The van der Waals surface area contributed by atoms with Gasteiger partial charge in [0.05, 0.1) is 25.3 Å². The highest BCUT2D eigenvalue weighted by atomic mass is 16.5. The van der Waals surface area contributed by atoms with Gasteiger partial charge >= 0.3 is 0 Å². The van der Waals surface area contributed by atoms with Gasteiger partial charge in [-0.1, -0.05) is 12.1 Å². The zero-order chi connectivity index (χ0) is 16.9. The monoisotopic (exact) mass is 320 g/mol. The van der Waals surface area contributed by atoms with Crippen LogP contribution in [0.25, 0.3) is 17.1 Å². The Kier molecular flexibility index (Phi) is 4.52. The molecule has 0 bridgehead atoms. The van der Waals surface area contributed by atoms with Crippen LogP contribution < -0.4 is 9.47 Å². The van der Waals surface area contributed by atoms with Crippen molar-refractivity contribution in [2.24, 2.45) is 0 Å². The summed E-state index contributed by atoms with van der Waals surface area (Å²) in [4.78, 5) is 20.9. The number of aromatic nitrogens is 2. The molecule has 2 aromatic carbocycles. The molecule has 3 rings (SSSR count). The average molecular weight is 320 g/mol. The Bertz CT molecular complexity index is 897. The van der Waals surface area contributed by atoms with Gasteiger partial charge in [0.2, 0.25) is 0 Å². The number of hydrogen-bond donors (Lipinski definition) is 0. The molecule has 5 heteroatoms. The number of nitrogens with zero attached hydrogens (tertiary/aromatic N) is 2. The number of ether oxygens (including phenoxy) is 2. The third kappa shape index (κ3) is 3.41. The number of allylic oxidation sites excluding steroid dienone is 1. The Morgan fingerprint density at radius 3 is 2.25 bits per heavy atom. The molecule has 0 fully saturated rings. The van der Waals surface area contributed by atoms with E-state index in [-0.39, 0.29) is 5.78 Å². The standard InChI is InChI=1S/C19H16N2O3/c1-23-15-10-14(11-16(12-15)24-2)19(22)6-4-13-3-5-17-18(9-13)21-8-7-20-17/h3-12H,1-2H3. The third-order valence-electron chi connectivity index (χ3n) is 3.56. The first-order valence-corrected chi connectivity index (χ1v) is 7.36. The number of rotatable bonds is 5. The highest BCUT2D eigenvalue weighted by molar-refractivity contribution is 6.07. The Morgan fingerprint density at radius 1 is 0.917 bits per heavy atom. The second-order valence-electron chi connectivity index (χ2n) is 5.10. The number of fused-ring (bicyclic) bond motifs is 1. The first kappa shape index (κ1) is 15.7. The molecule has 0 amide bonds. The minimum Gasteiger partial charge on any atom is -0.497 e. The summed E-state index contributed by atoms with van der Waals surface area (Å²) >= 11 is 0. The van der Waals surface area contributed by atoms with Gasteiger partial charge in [0.1, 0.15) is 11.5 Å². The van der Waals surface area contributed by atoms with Crippen LogP contribution in [0.4, 0.5) is 0 Å². The topological polar surface area (TPSA) is 61.3 Å². The lowest BCUT2D eigenvalue weighted by molar-refractivity contribution is 0.104. The van der Waals surface area contributed by atoms with Gasteiger partial charge in [0, 0.05) is 24.0 Å². The van der Waals surface area contributed by atoms with Crippen molar-refractivity contribution in [3.05, 3.63) is 66.0 Å². The van der Waals surface area contributed by atoms with Crippen LogP contribution in [0.1, 0.15) is 15.9 Å². The average Bonchev–Trinajstić information content (AvgIpc) is 2.65. The van der Waals surface area contributed by atoms with E-state index in [0.717, 1.165) is 16.6 Å². The molecular weight excluding hydrogens is 304 g/mol. The van der Waals surface area contributed by atoms with Crippen molar-refractivity contribution in [2.45, 2.75) is 0 Å². The fourth-order valence-corrected chi connectivity index (χ4v) is 2.30. The number of carbonyl (C=O) groups is 1. The molecule has 0 saturated heterocycles. The summed E-state index contributed by atoms with van der Waals surface area (Å²) < 4.78 is 10.4. The van der Waals surface area contributed by atoms with Gasteiger partial charge in [-0.3, -0.25) is 14.8 Å². The van der Waals surface area contributed by atoms with Gasteiger partial charge in [-0.2, -0.15) is 0 Å². The number of ketones is 1. The summed E-state index contributed by atoms with van der Waals surface area (Å²) in [6.45, 7) is 0. The smallest absolute Gasteiger partial charge is 0.186 e. The Balaban J connectivity index is 1.86. The summed E-state index contributed by atoms with van der Waals surface area (Å²) in [5.41, 5.74) is 2.99. The second-order valence-corrected chi connectivity index (χ2v) is 5.10. The quantitative estimate of drug-likeness (QED) is 0.531. The molecule has 0 unspecified atom stereocenters. The van der Waals surface area contributed by atoms with Gasteiger partial charge < -0.3 is 9.47 Å². The predicted octanol–water partition coefficient (Wildman–Crippen LogP) is 3.54. The third-order valence-corrected chi connectivity index (χ3v) is 3.56. The van der Waals surface area contributed by atoms with Crippen molar-refractivity contribution in [1.82, 2.24) is 9.97 Å². The van der Waals surface area contributed by atoms with E-state index in [0.29, 0.717) is 17.1 Å². The zero-order valence-corrected chi connectivity index (χ0v) is 13.4. The fraction of sp³-hybridized carbons (Fsp3) is 0.105. The maximum Gasteiger partial charge on any atom is 0.186 e. The van der Waals surface area contributed by atoms with Crippen LogP contribution >= 0.6 is 0 Å². The van der Waals surface area contributed by atoms with Crippen molar-refractivity contribution in [3.8, 4) is 11.5 Å². The van der Waals surface area contributed by atoms with E-state index >= 15 is 0 Å². The lowest BCUT2D eigenvalue weighted by atomic mass is 10.1. The van der Waals surface area contributed by atoms with Crippen LogP contribution in [0, 0.1) is 0 Å². The van der Waals surface area contributed by atoms with Crippen LogP contribution in [-0.4, -0.2) is 30.0 Å². The van der Waals surface area contributed by atoms with E-state index in [4.69, 9.17) is 9.47 Å². The molecule has 0 aliphatic rings. The minimum absolute atomic E-state index is 0.133. The molecule has 1 aromatic heterocycles. The molecule has 120 valence electrons. The van der Waals surface area contributed by atoms with E-state index in [2.05, 4.69) is 9.97 Å². The Hall–Kier alpha value is -3.21. The molecule has 3 aromatic rings. The summed E-state index contributed by atoms with van der Waals surface area (Å²) in [7, 11) is 3.10. The van der Waals surface area contributed by atoms with Crippen molar-refractivity contribution in [2.75, 3.05) is 14.2 Å². The summed E-state index contributed by atoms with van der Waals surface area (Å²) in [5.74, 6) is 1.02. The second kappa shape index (κ2) is 6.91. The van der Waals surface area contributed by atoms with Crippen LogP contribution in [0.15, 0.2) is 54.9 Å². The van der Waals surface area contributed by atoms with Crippen molar-refractivity contribution >= 4 is 22.9 Å². The van der Waals surface area contributed by atoms with E-state index < -0.39 is 0 Å². The Morgan fingerprint density at radius 2 is 1.58 bits per heavy atom. The Labute approximate surface area is 139 Å². The zero-order valence-electron chi connectivity index (χ0n) is 13.4. The van der Waals surface area contributed by atoms with Gasteiger partial charge in [0.15, 0.2) is 5.78 Å². The van der Waals surface area contributed by atoms with E-state index in [9.17, 15) is 4.79 Å². The van der Waals surface area contributed by atoms with Crippen molar-refractivity contribution in [1.29, 1.82) is 0 Å². The molecule has 5 nitrogen and oxygen atoms in total. The van der Waals surface area contributed by atoms with Crippen LogP contribution in [0.2, 0.25) is 0 Å². The maximum atomic E-state index is 12.4. The summed E-state index contributed by atoms with van der Waals surface area (Å²) in [5, 5.41) is 0. The molecule has 0 saturated carbocycles. The number of methoxy groups -OCH3 is 2. The molecule has 24 heavy (non-hydrogen) atoms. The number of benzene rings is 2. The van der Waals surface area contributed by atoms with Gasteiger partial charge in [0.25, 0.3) is 0 Å². The molecular formula is C19H16N2O3. The van der Waals surface area contributed by atoms with Crippen LogP contribution in [-0.2, 0) is 0 Å². The van der Waals surface area contributed by atoms with Crippen molar-refractivity contribution in [3.63, 3.8) is 0 Å². The number of hydrogen-bond acceptors (Lipinski definition) is 5. The largest absolute Gasteiger partial charge is 0.497 e. The normalized spacial score (nSPS) is 10.9. The summed E-state index contributed by atoms with van der Waals surface area (Å²) in [6, 6.07) is 10.7. The van der Waals surface area contributed by atoms with Crippen LogP contribution in [0.5, 0.6) is 11.5 Å². The molecule has 1 heterocycles. The fourth-order valence-electron chi connectivity index (χ4n) is 2.30. The highest BCUT2D eigenvalue weighted by Crippen LogP contribution is 2.23. The van der Waals surface area contributed by atoms with E-state index in [1.54, 1.807) is 50.9 Å². The summed E-state index contributed by atoms with van der Waals surface area (Å²) in [6.07, 6.45) is 6.56. The molecule has 0 aliphatic heterocycles. The molecule has 0 spiro atoms. The first-order chi connectivity index (χ1) is 11.7. The molecule has 0 radical (unpaired) electrons. The van der Waals surface area contributed by atoms with Gasteiger partial charge in [-0.25, -0.2) is 0 Å². The maximum absolute atomic E-state index is 12.4. The van der Waals surface area contributed by atoms with Gasteiger partial charge in [-0.05, 0) is 35.9 Å². The van der Waals surface area contributed by atoms with Crippen molar-refractivity contribution < 1.29 is 14.3 Å². The van der Waals surface area contributed by atoms with Gasteiger partial charge in [-0.15, -0.1) is 0 Å².